The largest absolute Gasteiger partial charge is 0.411 e. The van der Waals surface area contributed by atoms with Gasteiger partial charge in [-0.2, -0.15) is 0 Å². The number of rotatable bonds is 5. The smallest absolute Gasteiger partial charge is 0.277 e. The number of hydrogen-bond donors (Lipinski definition) is 2. The van der Waals surface area contributed by atoms with E-state index in [2.05, 4.69) is 10.2 Å². The SMILES string of the molecule is O=C(NO)c1ccc(CSc2nnc(-c3ccc(Cl)cc3)o2)cc1. The first-order chi connectivity index (χ1) is 11.7. The van der Waals surface area contributed by atoms with E-state index in [-0.39, 0.29) is 0 Å². The van der Waals surface area contributed by atoms with Crippen molar-refractivity contribution in [2.45, 2.75) is 11.0 Å². The summed E-state index contributed by atoms with van der Waals surface area (Å²) in [5, 5.41) is 17.7. The van der Waals surface area contributed by atoms with Crippen molar-refractivity contribution in [1.29, 1.82) is 0 Å². The number of nitrogens with one attached hydrogen (secondary N) is 1. The van der Waals surface area contributed by atoms with Crippen molar-refractivity contribution in [1.82, 2.24) is 15.7 Å². The van der Waals surface area contributed by atoms with Crippen LogP contribution in [0.25, 0.3) is 11.5 Å². The Labute approximate surface area is 146 Å². The van der Waals surface area contributed by atoms with Crippen molar-refractivity contribution in [3.8, 4) is 11.5 Å². The fourth-order valence-corrected chi connectivity index (χ4v) is 2.78. The third-order valence-electron chi connectivity index (χ3n) is 3.18. The summed E-state index contributed by atoms with van der Waals surface area (Å²) >= 11 is 7.25. The van der Waals surface area contributed by atoms with Crippen LogP contribution in [0.3, 0.4) is 0 Å². The number of carbonyl (C=O) groups is 1. The van der Waals surface area contributed by atoms with Gasteiger partial charge in [-0.15, -0.1) is 10.2 Å². The minimum absolute atomic E-state index is 0.383. The van der Waals surface area contributed by atoms with Gasteiger partial charge in [0.2, 0.25) is 5.89 Å². The van der Waals surface area contributed by atoms with Crippen LogP contribution < -0.4 is 5.48 Å². The minimum Gasteiger partial charge on any atom is -0.411 e. The maximum atomic E-state index is 11.3. The van der Waals surface area contributed by atoms with Crippen molar-refractivity contribution in [2.75, 3.05) is 0 Å². The van der Waals surface area contributed by atoms with Gasteiger partial charge in [0.15, 0.2) is 0 Å². The lowest BCUT2D eigenvalue weighted by molar-refractivity contribution is 0.0706. The minimum atomic E-state index is -0.543. The first-order valence-corrected chi connectivity index (χ1v) is 8.27. The second-order valence-electron chi connectivity index (χ2n) is 4.81. The van der Waals surface area contributed by atoms with Gasteiger partial charge >= 0.3 is 0 Å². The predicted molar refractivity (Wildman–Crippen MR) is 90.0 cm³/mol. The topological polar surface area (TPSA) is 88.2 Å². The van der Waals surface area contributed by atoms with E-state index >= 15 is 0 Å². The zero-order valence-corrected chi connectivity index (χ0v) is 13.8. The second kappa shape index (κ2) is 7.48. The number of amides is 1. The molecule has 122 valence electrons. The van der Waals surface area contributed by atoms with Gasteiger partial charge in [-0.05, 0) is 42.0 Å². The van der Waals surface area contributed by atoms with Gasteiger partial charge in [0.05, 0.1) is 0 Å². The number of benzene rings is 2. The molecule has 6 nitrogen and oxygen atoms in total. The number of thioether (sulfide) groups is 1. The summed E-state index contributed by atoms with van der Waals surface area (Å²) in [4.78, 5) is 11.3. The predicted octanol–water partition coefficient (Wildman–Crippen LogP) is 3.80. The van der Waals surface area contributed by atoms with Crippen LogP contribution >= 0.6 is 23.4 Å². The monoisotopic (exact) mass is 361 g/mol. The van der Waals surface area contributed by atoms with Crippen molar-refractivity contribution in [2.24, 2.45) is 0 Å². The van der Waals surface area contributed by atoms with Gasteiger partial charge in [0, 0.05) is 21.9 Å². The molecule has 0 aliphatic rings. The average Bonchev–Trinajstić information content (AvgIpc) is 3.09. The highest BCUT2D eigenvalue weighted by Gasteiger charge is 2.10. The average molecular weight is 362 g/mol. The zero-order chi connectivity index (χ0) is 16.9. The van der Waals surface area contributed by atoms with Gasteiger partial charge in [-0.1, -0.05) is 35.5 Å². The Morgan fingerprint density at radius 1 is 1.12 bits per heavy atom. The third-order valence-corrected chi connectivity index (χ3v) is 4.32. The summed E-state index contributed by atoms with van der Waals surface area (Å²) < 4.78 is 5.61. The van der Waals surface area contributed by atoms with Crippen molar-refractivity contribution in [3.63, 3.8) is 0 Å². The highest BCUT2D eigenvalue weighted by Crippen LogP contribution is 2.26. The highest BCUT2D eigenvalue weighted by molar-refractivity contribution is 7.98. The molecule has 8 heteroatoms. The van der Waals surface area contributed by atoms with Crippen LogP contribution in [0.4, 0.5) is 0 Å². The highest BCUT2D eigenvalue weighted by atomic mass is 35.5. The number of aromatic nitrogens is 2. The van der Waals surface area contributed by atoms with Crippen LogP contribution in [0.15, 0.2) is 58.2 Å². The molecule has 0 unspecified atom stereocenters. The van der Waals surface area contributed by atoms with Crippen LogP contribution in [0.1, 0.15) is 15.9 Å². The summed E-state index contributed by atoms with van der Waals surface area (Å²) in [7, 11) is 0. The van der Waals surface area contributed by atoms with Crippen LogP contribution in [0, 0.1) is 0 Å². The van der Waals surface area contributed by atoms with E-state index in [1.807, 2.05) is 12.1 Å². The molecule has 2 aromatic carbocycles. The molecule has 2 N–H and O–H groups in total. The molecule has 0 aliphatic carbocycles. The molecule has 0 saturated carbocycles. The molecule has 0 bridgehead atoms. The Hall–Kier alpha value is -2.35. The van der Waals surface area contributed by atoms with Gasteiger partial charge in [0.25, 0.3) is 11.1 Å². The van der Waals surface area contributed by atoms with Crippen molar-refractivity contribution in [3.05, 3.63) is 64.7 Å². The Morgan fingerprint density at radius 2 is 1.83 bits per heavy atom. The van der Waals surface area contributed by atoms with Crippen LogP contribution in [0.5, 0.6) is 0 Å². The summed E-state index contributed by atoms with van der Waals surface area (Å²) in [6.07, 6.45) is 0. The molecule has 0 spiro atoms. The van der Waals surface area contributed by atoms with E-state index in [9.17, 15) is 4.79 Å². The standard InChI is InChI=1S/C16H12ClN3O3S/c17-13-7-5-12(6-8-13)15-18-19-16(23-15)24-9-10-1-3-11(4-2-10)14(21)20-22/h1-8,22H,9H2,(H,20,21). The first kappa shape index (κ1) is 16.5. The van der Waals surface area contributed by atoms with E-state index in [0.29, 0.717) is 27.5 Å². The Kier molecular flexibility index (Phi) is 5.14. The number of hydroxylamine groups is 1. The molecule has 3 aromatic rings. The first-order valence-electron chi connectivity index (χ1n) is 6.91. The summed E-state index contributed by atoms with van der Waals surface area (Å²) in [6.45, 7) is 0. The normalized spacial score (nSPS) is 10.6. The Bertz CT molecular complexity index is 835. The molecule has 1 heterocycles. The molecule has 24 heavy (non-hydrogen) atoms. The molecule has 1 amide bonds. The summed E-state index contributed by atoms with van der Waals surface area (Å²) in [5.41, 5.74) is 3.77. The number of halogens is 1. The third kappa shape index (κ3) is 3.94. The number of hydrogen-bond acceptors (Lipinski definition) is 6. The molecule has 0 radical (unpaired) electrons. The zero-order valence-electron chi connectivity index (χ0n) is 12.3. The van der Waals surface area contributed by atoms with Crippen LogP contribution in [-0.4, -0.2) is 21.3 Å². The lowest BCUT2D eigenvalue weighted by atomic mass is 10.1. The van der Waals surface area contributed by atoms with Crippen LogP contribution in [0.2, 0.25) is 5.02 Å². The molecule has 0 atom stereocenters. The lowest BCUT2D eigenvalue weighted by Gasteiger charge is -2.01. The van der Waals surface area contributed by atoms with Crippen LogP contribution in [-0.2, 0) is 5.75 Å². The van der Waals surface area contributed by atoms with Gasteiger partial charge in [0.1, 0.15) is 0 Å². The fourth-order valence-electron chi connectivity index (χ4n) is 1.94. The maximum Gasteiger partial charge on any atom is 0.277 e. The van der Waals surface area contributed by atoms with E-state index < -0.39 is 5.91 Å². The molecule has 1 aromatic heterocycles. The maximum absolute atomic E-state index is 11.3. The Balaban J connectivity index is 1.63. The van der Waals surface area contributed by atoms with E-state index in [1.165, 1.54) is 11.8 Å². The van der Waals surface area contributed by atoms with E-state index in [4.69, 9.17) is 21.2 Å². The molecular formula is C16H12ClN3O3S. The summed E-state index contributed by atoms with van der Waals surface area (Å²) in [5.74, 6) is 0.506. The molecule has 3 rings (SSSR count). The lowest BCUT2D eigenvalue weighted by Crippen LogP contribution is -2.18. The Morgan fingerprint density at radius 3 is 2.50 bits per heavy atom. The quantitative estimate of drug-likeness (QED) is 0.408. The molecular weight excluding hydrogens is 350 g/mol. The van der Waals surface area contributed by atoms with Crippen molar-refractivity contribution < 1.29 is 14.4 Å². The van der Waals surface area contributed by atoms with Gasteiger partial charge in [-0.25, -0.2) is 5.48 Å². The molecule has 0 aliphatic heterocycles. The summed E-state index contributed by atoms with van der Waals surface area (Å²) in [6, 6.07) is 14.0. The number of nitrogens with zero attached hydrogens (tertiary/aromatic N) is 2. The van der Waals surface area contributed by atoms with Gasteiger partial charge in [-0.3, -0.25) is 10.0 Å². The molecule has 0 fully saturated rings. The molecule has 0 saturated heterocycles. The number of carbonyl (C=O) groups excluding carboxylic acids is 1. The van der Waals surface area contributed by atoms with Gasteiger partial charge < -0.3 is 4.42 Å². The van der Waals surface area contributed by atoms with E-state index in [0.717, 1.165) is 11.1 Å². The van der Waals surface area contributed by atoms with Crippen molar-refractivity contribution >= 4 is 29.3 Å². The second-order valence-corrected chi connectivity index (χ2v) is 6.17. The van der Waals surface area contributed by atoms with E-state index in [1.54, 1.807) is 41.9 Å². The fraction of sp³-hybridized carbons (Fsp3) is 0.0625.